The molecule has 0 saturated carbocycles. The molecule has 2 heterocycles. The van der Waals surface area contributed by atoms with Crippen LogP contribution in [0.4, 0.5) is 5.69 Å². The largest absolute Gasteiger partial charge is 0.387 e. The number of nitrogens with one attached hydrogen (secondary N) is 1. The van der Waals surface area contributed by atoms with Gasteiger partial charge in [-0.1, -0.05) is 26.0 Å². The van der Waals surface area contributed by atoms with Gasteiger partial charge in [-0.3, -0.25) is 14.6 Å². The van der Waals surface area contributed by atoms with Crippen LogP contribution in [0.5, 0.6) is 0 Å². The molecule has 7 nitrogen and oxygen atoms in total. The quantitative estimate of drug-likeness (QED) is 0.631. The predicted octanol–water partition coefficient (Wildman–Crippen LogP) is 3.86. The molecular weight excluding hydrogens is 426 g/mol. The van der Waals surface area contributed by atoms with Gasteiger partial charge in [0.05, 0.1) is 5.69 Å². The number of fused-ring (bicyclic) bond motifs is 1. The second-order valence-electron chi connectivity index (χ2n) is 7.56. The van der Waals surface area contributed by atoms with E-state index >= 15 is 0 Å². The first-order valence-electron chi connectivity index (χ1n) is 10.7. The zero-order chi connectivity index (χ0) is 22.2. The fraction of sp³-hybridized carbons (Fsp3) is 0.333. The molecule has 2 aromatic rings. The van der Waals surface area contributed by atoms with Gasteiger partial charge in [0.25, 0.3) is 5.91 Å². The van der Waals surface area contributed by atoms with Gasteiger partial charge in [-0.25, -0.2) is 4.99 Å². The number of hydrogen-bond donors (Lipinski definition) is 2. The summed E-state index contributed by atoms with van der Waals surface area (Å²) in [5, 5.41) is 2.88. The summed E-state index contributed by atoms with van der Waals surface area (Å²) < 4.78 is 0. The molecule has 1 aromatic heterocycles. The second kappa shape index (κ2) is 12.0. The highest BCUT2D eigenvalue weighted by Gasteiger charge is 2.21. The summed E-state index contributed by atoms with van der Waals surface area (Å²) in [6, 6.07) is 8.99. The molecule has 1 aromatic carbocycles. The smallest absolute Gasteiger partial charge is 0.251 e. The molecule has 1 aliphatic heterocycles. The zero-order valence-electron chi connectivity index (χ0n) is 18.5. The van der Waals surface area contributed by atoms with Crippen molar-refractivity contribution in [3.05, 3.63) is 65.0 Å². The van der Waals surface area contributed by atoms with Crippen molar-refractivity contribution in [2.45, 2.75) is 39.7 Å². The number of halogens is 1. The van der Waals surface area contributed by atoms with Crippen LogP contribution in [0.2, 0.25) is 0 Å². The molecule has 0 atom stereocenters. The van der Waals surface area contributed by atoms with Crippen molar-refractivity contribution in [3.63, 3.8) is 0 Å². The van der Waals surface area contributed by atoms with E-state index in [0.29, 0.717) is 48.7 Å². The van der Waals surface area contributed by atoms with Crippen LogP contribution in [-0.2, 0) is 11.3 Å². The van der Waals surface area contributed by atoms with E-state index in [9.17, 15) is 9.59 Å². The third-order valence-electron chi connectivity index (χ3n) is 4.98. The van der Waals surface area contributed by atoms with E-state index in [4.69, 9.17) is 5.73 Å². The number of amides is 2. The Labute approximate surface area is 195 Å². The second-order valence-corrected chi connectivity index (χ2v) is 7.56. The number of amidine groups is 1. The average molecular weight is 456 g/mol. The first kappa shape index (κ1) is 25.1. The van der Waals surface area contributed by atoms with Gasteiger partial charge in [-0.15, -0.1) is 12.4 Å². The molecule has 170 valence electrons. The van der Waals surface area contributed by atoms with E-state index in [1.54, 1.807) is 24.5 Å². The third kappa shape index (κ3) is 6.40. The molecule has 0 bridgehead atoms. The normalized spacial score (nSPS) is 12.4. The van der Waals surface area contributed by atoms with E-state index in [2.05, 4.69) is 29.1 Å². The number of hydrogen-bond acceptors (Lipinski definition) is 5. The van der Waals surface area contributed by atoms with Gasteiger partial charge >= 0.3 is 0 Å². The Morgan fingerprint density at radius 3 is 2.56 bits per heavy atom. The highest BCUT2D eigenvalue weighted by atomic mass is 35.5. The van der Waals surface area contributed by atoms with Crippen LogP contribution >= 0.6 is 12.4 Å². The third-order valence-corrected chi connectivity index (χ3v) is 4.98. The molecule has 0 fully saturated rings. The van der Waals surface area contributed by atoms with Gasteiger partial charge in [0.2, 0.25) is 5.91 Å². The number of aliphatic imine (C=N–C) groups is 1. The van der Waals surface area contributed by atoms with Crippen LogP contribution in [0.25, 0.3) is 6.08 Å². The maximum absolute atomic E-state index is 13.1. The summed E-state index contributed by atoms with van der Waals surface area (Å²) in [5.41, 5.74) is 9.51. The minimum absolute atomic E-state index is 0. The highest BCUT2D eigenvalue weighted by molar-refractivity contribution is 6.06. The molecule has 0 radical (unpaired) electrons. The summed E-state index contributed by atoms with van der Waals surface area (Å²) in [6.07, 6.45) is 7.34. The van der Waals surface area contributed by atoms with Crippen LogP contribution in [0, 0.1) is 0 Å². The van der Waals surface area contributed by atoms with Gasteiger partial charge < -0.3 is 16.0 Å². The molecule has 8 heteroatoms. The van der Waals surface area contributed by atoms with Gasteiger partial charge in [-0.05, 0) is 42.7 Å². The van der Waals surface area contributed by atoms with E-state index < -0.39 is 0 Å². The maximum Gasteiger partial charge on any atom is 0.251 e. The lowest BCUT2D eigenvalue weighted by molar-refractivity contribution is -0.127. The summed E-state index contributed by atoms with van der Waals surface area (Å²) in [7, 11) is 0. The van der Waals surface area contributed by atoms with Gasteiger partial charge in [0, 0.05) is 55.1 Å². The van der Waals surface area contributed by atoms with E-state index in [0.717, 1.165) is 24.0 Å². The number of pyridine rings is 1. The first-order chi connectivity index (χ1) is 15.0. The summed E-state index contributed by atoms with van der Waals surface area (Å²) >= 11 is 0. The van der Waals surface area contributed by atoms with Crippen molar-refractivity contribution in [1.82, 2.24) is 15.2 Å². The Morgan fingerprint density at radius 2 is 1.91 bits per heavy atom. The molecule has 0 saturated heterocycles. The fourth-order valence-corrected chi connectivity index (χ4v) is 3.51. The molecule has 0 aliphatic carbocycles. The predicted molar refractivity (Wildman–Crippen MR) is 130 cm³/mol. The Balaban J connectivity index is 0.00000363. The molecule has 3 rings (SSSR count). The molecule has 3 N–H and O–H groups in total. The number of benzene rings is 1. The minimum atomic E-state index is -0.206. The molecule has 1 aliphatic rings. The molecular formula is C24H30ClN5O2. The fourth-order valence-electron chi connectivity index (χ4n) is 3.51. The van der Waals surface area contributed by atoms with Gasteiger partial charge in [-0.2, -0.15) is 0 Å². The topological polar surface area (TPSA) is 101 Å². The van der Waals surface area contributed by atoms with Crippen LogP contribution in [0.15, 0.2) is 53.3 Å². The highest BCUT2D eigenvalue weighted by Crippen LogP contribution is 2.28. The lowest BCUT2D eigenvalue weighted by Crippen LogP contribution is -2.34. The van der Waals surface area contributed by atoms with Crippen molar-refractivity contribution in [3.8, 4) is 0 Å². The van der Waals surface area contributed by atoms with Crippen molar-refractivity contribution < 1.29 is 9.59 Å². The van der Waals surface area contributed by atoms with Gasteiger partial charge in [0.1, 0.15) is 5.84 Å². The minimum Gasteiger partial charge on any atom is -0.387 e. The van der Waals surface area contributed by atoms with E-state index in [1.807, 2.05) is 29.2 Å². The van der Waals surface area contributed by atoms with Crippen molar-refractivity contribution in [2.75, 3.05) is 13.1 Å². The number of nitrogens with two attached hydrogens (primary N) is 1. The van der Waals surface area contributed by atoms with Crippen LogP contribution in [0.1, 0.15) is 54.6 Å². The maximum atomic E-state index is 13.1. The summed E-state index contributed by atoms with van der Waals surface area (Å²) in [4.78, 5) is 36.0. The van der Waals surface area contributed by atoms with Crippen LogP contribution in [-0.4, -0.2) is 40.6 Å². The van der Waals surface area contributed by atoms with Crippen molar-refractivity contribution >= 4 is 41.8 Å². The molecule has 0 spiro atoms. The first-order valence-corrected chi connectivity index (χ1v) is 10.7. The zero-order valence-corrected chi connectivity index (χ0v) is 19.3. The summed E-state index contributed by atoms with van der Waals surface area (Å²) in [6.45, 7) is 5.93. The number of rotatable bonds is 8. The lowest BCUT2D eigenvalue weighted by atomic mass is 10.0. The Bertz CT molecular complexity index is 999. The van der Waals surface area contributed by atoms with Crippen LogP contribution in [0.3, 0.4) is 0 Å². The van der Waals surface area contributed by atoms with Gasteiger partial charge in [0.15, 0.2) is 0 Å². The standard InChI is InChI=1S/C24H29N5O2.ClH/c1-3-10-29(11-4-2)24(31)20-12-18-7-8-19(13-21(18)28-22(25)14-20)23(30)27-16-17-6-5-9-26-15-17;/h5-9,12-13,15H,3-4,10-11,14,16H2,1-2H3,(H2,25,28)(H,27,30);1H. The SMILES string of the molecule is CCCN(CCC)C(=O)C1=Cc2ccc(C(=O)NCc3cccnc3)cc2N=C(N)C1.Cl. The Morgan fingerprint density at radius 1 is 1.16 bits per heavy atom. The number of carbonyl (C=O) groups is 2. The van der Waals surface area contributed by atoms with Crippen molar-refractivity contribution in [1.29, 1.82) is 0 Å². The number of aromatic nitrogens is 1. The van der Waals surface area contributed by atoms with E-state index in [1.165, 1.54) is 0 Å². The van der Waals surface area contributed by atoms with E-state index in [-0.39, 0.29) is 24.2 Å². The molecule has 2 amide bonds. The van der Waals surface area contributed by atoms with Crippen LogP contribution < -0.4 is 11.1 Å². The monoisotopic (exact) mass is 455 g/mol. The summed E-state index contributed by atoms with van der Waals surface area (Å²) in [5.74, 6) is 0.147. The molecule has 0 unspecified atom stereocenters. The Hall–Kier alpha value is -3.19. The number of nitrogens with zero attached hydrogens (tertiary/aromatic N) is 3. The average Bonchev–Trinajstić information content (AvgIpc) is 2.94. The lowest BCUT2D eigenvalue weighted by Gasteiger charge is -2.22. The Kier molecular flexibility index (Phi) is 9.40. The molecule has 32 heavy (non-hydrogen) atoms. The number of carbonyl (C=O) groups excluding carboxylic acids is 2. The van der Waals surface area contributed by atoms with Crippen molar-refractivity contribution in [2.24, 2.45) is 10.7 Å².